The predicted octanol–water partition coefficient (Wildman–Crippen LogP) is 3.67. The first-order valence-corrected chi connectivity index (χ1v) is 5.30. The molecule has 1 saturated carbocycles. The van der Waals surface area contributed by atoms with Crippen LogP contribution in [0.2, 0.25) is 0 Å². The molecule has 0 amide bonds. The van der Waals surface area contributed by atoms with Gasteiger partial charge in [0.25, 0.3) is 0 Å². The van der Waals surface area contributed by atoms with E-state index in [9.17, 15) is 0 Å². The Morgan fingerprint density at radius 3 is 2.57 bits per heavy atom. The molecule has 0 saturated heterocycles. The van der Waals surface area contributed by atoms with Crippen LogP contribution in [0.1, 0.15) is 18.9 Å². The maximum Gasteiger partial charge on any atom is -0.00843 e. The van der Waals surface area contributed by atoms with Crippen LogP contribution in [0.5, 0.6) is 0 Å². The van der Waals surface area contributed by atoms with E-state index in [1.165, 1.54) is 12.0 Å². The van der Waals surface area contributed by atoms with Gasteiger partial charge in [-0.05, 0) is 36.3 Å². The molecule has 2 unspecified atom stereocenters. The van der Waals surface area contributed by atoms with Crippen LogP contribution in [-0.2, 0) is 0 Å². The van der Waals surface area contributed by atoms with Crippen LogP contribution in [0.15, 0.2) is 48.1 Å². The highest BCUT2D eigenvalue weighted by atomic mass is 14.5. The van der Waals surface area contributed by atoms with E-state index < -0.39 is 0 Å². The zero-order valence-electron chi connectivity index (χ0n) is 8.40. The van der Waals surface area contributed by atoms with E-state index in [0.717, 1.165) is 11.8 Å². The Morgan fingerprint density at radius 1 is 1.00 bits per heavy atom. The molecule has 0 aromatic heterocycles. The minimum atomic E-state index is 0.822. The third kappa shape index (κ3) is 1.14. The van der Waals surface area contributed by atoms with Gasteiger partial charge in [-0.2, -0.15) is 0 Å². The Hall–Kier alpha value is -1.30. The summed E-state index contributed by atoms with van der Waals surface area (Å²) in [4.78, 5) is 0. The van der Waals surface area contributed by atoms with Crippen molar-refractivity contribution in [2.75, 3.05) is 0 Å². The fraction of sp³-hybridized carbons (Fsp3) is 0.286. The molecule has 2 atom stereocenters. The van der Waals surface area contributed by atoms with E-state index in [1.807, 2.05) is 0 Å². The third-order valence-corrected chi connectivity index (χ3v) is 3.41. The van der Waals surface area contributed by atoms with Crippen molar-refractivity contribution < 1.29 is 0 Å². The van der Waals surface area contributed by atoms with Gasteiger partial charge in [0.05, 0.1) is 0 Å². The molecule has 2 aliphatic rings. The molecule has 0 bridgehead atoms. The molecule has 0 spiro atoms. The van der Waals surface area contributed by atoms with Crippen molar-refractivity contribution in [2.45, 2.75) is 13.3 Å². The summed E-state index contributed by atoms with van der Waals surface area (Å²) in [6, 6.07) is 10.8. The lowest BCUT2D eigenvalue weighted by molar-refractivity contribution is 0.923. The predicted molar refractivity (Wildman–Crippen MR) is 59.8 cm³/mol. The molecule has 1 aromatic rings. The van der Waals surface area contributed by atoms with E-state index in [0.29, 0.717) is 0 Å². The summed E-state index contributed by atoms with van der Waals surface area (Å²) in [5.74, 6) is 1.68. The summed E-state index contributed by atoms with van der Waals surface area (Å²) >= 11 is 0. The molecule has 1 aromatic carbocycles. The third-order valence-electron chi connectivity index (χ3n) is 3.41. The quantitative estimate of drug-likeness (QED) is 0.621. The van der Waals surface area contributed by atoms with Gasteiger partial charge in [0.1, 0.15) is 0 Å². The van der Waals surface area contributed by atoms with Crippen molar-refractivity contribution in [1.29, 1.82) is 0 Å². The molecule has 0 radical (unpaired) electrons. The molecule has 0 N–H and O–H groups in total. The van der Waals surface area contributed by atoms with Crippen molar-refractivity contribution in [3.63, 3.8) is 0 Å². The normalized spacial score (nSPS) is 28.9. The summed E-state index contributed by atoms with van der Waals surface area (Å²) < 4.78 is 0. The Morgan fingerprint density at radius 2 is 1.79 bits per heavy atom. The number of rotatable bonds is 1. The van der Waals surface area contributed by atoms with Gasteiger partial charge >= 0.3 is 0 Å². The number of benzene rings is 1. The molecule has 1 fully saturated rings. The molecule has 14 heavy (non-hydrogen) atoms. The highest BCUT2D eigenvalue weighted by Gasteiger charge is 2.42. The summed E-state index contributed by atoms with van der Waals surface area (Å²) in [6.45, 7) is 2.25. The van der Waals surface area contributed by atoms with Gasteiger partial charge in [0, 0.05) is 0 Å². The van der Waals surface area contributed by atoms with Gasteiger partial charge in [-0.25, -0.2) is 0 Å². The van der Waals surface area contributed by atoms with Crippen LogP contribution in [-0.4, -0.2) is 0 Å². The monoisotopic (exact) mass is 182 g/mol. The van der Waals surface area contributed by atoms with Crippen LogP contribution >= 0.6 is 0 Å². The first-order valence-electron chi connectivity index (χ1n) is 5.30. The summed E-state index contributed by atoms with van der Waals surface area (Å²) in [5.41, 5.74) is 4.51. The van der Waals surface area contributed by atoms with Gasteiger partial charge in [-0.15, -0.1) is 0 Å². The minimum Gasteiger partial charge on any atom is -0.0696 e. The Balaban J connectivity index is 2.01. The van der Waals surface area contributed by atoms with Crippen LogP contribution in [0, 0.1) is 11.8 Å². The largest absolute Gasteiger partial charge is 0.0696 e. The molecule has 0 heterocycles. The zero-order valence-corrected chi connectivity index (χ0v) is 8.40. The van der Waals surface area contributed by atoms with Crippen LogP contribution < -0.4 is 0 Å². The first kappa shape index (κ1) is 8.05. The van der Waals surface area contributed by atoms with Gasteiger partial charge in [-0.1, -0.05) is 48.1 Å². The molecule has 3 rings (SSSR count). The molecule has 70 valence electrons. The van der Waals surface area contributed by atoms with E-state index in [-0.39, 0.29) is 0 Å². The second kappa shape index (κ2) is 2.84. The van der Waals surface area contributed by atoms with Gasteiger partial charge < -0.3 is 0 Å². The van der Waals surface area contributed by atoms with Crippen molar-refractivity contribution in [3.8, 4) is 0 Å². The lowest BCUT2D eigenvalue weighted by Gasteiger charge is -2.11. The van der Waals surface area contributed by atoms with E-state index in [4.69, 9.17) is 0 Å². The fourth-order valence-electron chi connectivity index (χ4n) is 2.45. The van der Waals surface area contributed by atoms with E-state index >= 15 is 0 Å². The van der Waals surface area contributed by atoms with Gasteiger partial charge in [-0.3, -0.25) is 0 Å². The minimum absolute atomic E-state index is 0.822. The van der Waals surface area contributed by atoms with Crippen molar-refractivity contribution in [1.82, 2.24) is 0 Å². The van der Waals surface area contributed by atoms with E-state index in [2.05, 4.69) is 49.4 Å². The standard InChI is InChI=1S/C14H14/c1-10-7-8-12(14-9-13(10)14)11-5-3-2-4-6-11/h2-8,13-14H,9H2,1H3. The van der Waals surface area contributed by atoms with Gasteiger partial charge in [0.2, 0.25) is 0 Å². The Labute approximate surface area is 85.0 Å². The lowest BCUT2D eigenvalue weighted by atomic mass is 9.94. The van der Waals surface area contributed by atoms with Crippen LogP contribution in [0.3, 0.4) is 0 Å². The highest BCUT2D eigenvalue weighted by Crippen LogP contribution is 2.54. The number of hydrogen-bond donors (Lipinski definition) is 0. The SMILES string of the molecule is CC1=CC=C(c2ccccc2)C2CC12. The lowest BCUT2D eigenvalue weighted by Crippen LogP contribution is -1.94. The van der Waals surface area contributed by atoms with Gasteiger partial charge in [0.15, 0.2) is 0 Å². The average molecular weight is 182 g/mol. The molecule has 0 heteroatoms. The Kier molecular flexibility index (Phi) is 1.63. The maximum atomic E-state index is 2.30. The maximum absolute atomic E-state index is 2.30. The number of allylic oxidation sites excluding steroid dienone is 4. The zero-order chi connectivity index (χ0) is 9.54. The van der Waals surface area contributed by atoms with Crippen molar-refractivity contribution in [3.05, 3.63) is 53.6 Å². The Bertz CT molecular complexity index is 409. The highest BCUT2D eigenvalue weighted by molar-refractivity contribution is 5.73. The number of fused-ring (bicyclic) bond motifs is 1. The van der Waals surface area contributed by atoms with Crippen LogP contribution in [0.4, 0.5) is 0 Å². The fourth-order valence-corrected chi connectivity index (χ4v) is 2.45. The summed E-state index contributed by atoms with van der Waals surface area (Å²) in [6.07, 6.45) is 5.96. The average Bonchev–Trinajstić information content (AvgIpc) is 3.00. The second-order valence-corrected chi connectivity index (χ2v) is 4.35. The smallest absolute Gasteiger partial charge is 0.00843 e. The number of hydrogen-bond acceptors (Lipinski definition) is 0. The van der Waals surface area contributed by atoms with Crippen molar-refractivity contribution >= 4 is 5.57 Å². The molecule has 0 nitrogen and oxygen atoms in total. The molecular formula is C14H14. The molecule has 0 aliphatic heterocycles. The summed E-state index contributed by atoms with van der Waals surface area (Å²) in [5, 5.41) is 0. The van der Waals surface area contributed by atoms with E-state index in [1.54, 1.807) is 11.1 Å². The molecule has 2 aliphatic carbocycles. The van der Waals surface area contributed by atoms with Crippen LogP contribution in [0.25, 0.3) is 5.57 Å². The summed E-state index contributed by atoms with van der Waals surface area (Å²) in [7, 11) is 0. The second-order valence-electron chi connectivity index (χ2n) is 4.35. The van der Waals surface area contributed by atoms with Crippen molar-refractivity contribution in [2.24, 2.45) is 11.8 Å². The molecular weight excluding hydrogens is 168 g/mol. The first-order chi connectivity index (χ1) is 6.86. The topological polar surface area (TPSA) is 0 Å².